The highest BCUT2D eigenvalue weighted by Crippen LogP contribution is 2.15. The van der Waals surface area contributed by atoms with E-state index in [1.54, 1.807) is 0 Å². The van der Waals surface area contributed by atoms with Crippen molar-refractivity contribution in [3.63, 3.8) is 0 Å². The lowest BCUT2D eigenvalue weighted by molar-refractivity contribution is 1.28. The third-order valence-corrected chi connectivity index (χ3v) is 1.72. The van der Waals surface area contributed by atoms with Gasteiger partial charge < -0.3 is 0 Å². The van der Waals surface area contributed by atoms with Gasteiger partial charge in [0.15, 0.2) is 0 Å². The molecule has 12 heavy (non-hydrogen) atoms. The maximum atomic E-state index is 4.11. The summed E-state index contributed by atoms with van der Waals surface area (Å²) in [5.74, 6) is 0. The van der Waals surface area contributed by atoms with E-state index in [9.17, 15) is 0 Å². The molecule has 0 spiro atoms. The molecule has 1 aromatic heterocycles. The Balaban J connectivity index is 3.12. The molecule has 0 aliphatic rings. The lowest BCUT2D eigenvalue weighted by atomic mass is 10.1. The highest BCUT2D eigenvalue weighted by atomic mass is 14.6. The van der Waals surface area contributed by atoms with Gasteiger partial charge in [-0.3, -0.25) is 4.98 Å². The van der Waals surface area contributed by atoms with Crippen molar-refractivity contribution < 1.29 is 0 Å². The number of hydrogen-bond donors (Lipinski definition) is 0. The first kappa shape index (κ1) is 8.72. The van der Waals surface area contributed by atoms with Crippen LogP contribution in [0.2, 0.25) is 0 Å². The fourth-order valence-electron chi connectivity index (χ4n) is 0.907. The van der Waals surface area contributed by atoms with Gasteiger partial charge in [0.05, 0.1) is 0 Å². The molecular weight excluding hydrogens is 146 g/mol. The van der Waals surface area contributed by atoms with Crippen molar-refractivity contribution in [2.75, 3.05) is 0 Å². The summed E-state index contributed by atoms with van der Waals surface area (Å²) in [6, 6.07) is 2.05. The van der Waals surface area contributed by atoms with Gasteiger partial charge in [-0.25, -0.2) is 0 Å². The summed E-state index contributed by atoms with van der Waals surface area (Å²) in [5, 5.41) is 0. The maximum Gasteiger partial charge on any atom is 0.0343 e. The average Bonchev–Trinajstić information content (AvgIpc) is 2.04. The van der Waals surface area contributed by atoms with Gasteiger partial charge in [-0.1, -0.05) is 13.2 Å². The summed E-state index contributed by atoms with van der Waals surface area (Å²) in [4.78, 5) is 4.11. The van der Waals surface area contributed by atoms with E-state index < -0.39 is 0 Å². The molecule has 0 aliphatic heterocycles. The number of allylic oxidation sites excluding steroid dienone is 2. The normalized spacial score (nSPS) is 9.50. The van der Waals surface area contributed by atoms with Crippen molar-refractivity contribution in [3.8, 4) is 0 Å². The zero-order valence-electron chi connectivity index (χ0n) is 7.59. The van der Waals surface area contributed by atoms with Gasteiger partial charge in [0.25, 0.3) is 0 Å². The summed E-state index contributed by atoms with van der Waals surface area (Å²) in [6.07, 6.45) is 3.63. The van der Waals surface area contributed by atoms with Gasteiger partial charge >= 0.3 is 0 Å². The first-order valence-corrected chi connectivity index (χ1v) is 3.88. The van der Waals surface area contributed by atoms with E-state index in [2.05, 4.69) is 24.2 Å². The third kappa shape index (κ3) is 1.82. The van der Waals surface area contributed by atoms with E-state index in [-0.39, 0.29) is 0 Å². The molecular formula is C11H13N. The number of hydrogen-bond acceptors (Lipinski definition) is 1. The van der Waals surface area contributed by atoms with E-state index in [1.165, 1.54) is 0 Å². The Morgan fingerprint density at radius 2 is 1.50 bits per heavy atom. The summed E-state index contributed by atoms with van der Waals surface area (Å²) in [6.45, 7) is 11.7. The molecule has 1 aromatic rings. The van der Waals surface area contributed by atoms with Crippen molar-refractivity contribution >= 4 is 11.1 Å². The molecule has 0 saturated carbocycles. The quantitative estimate of drug-likeness (QED) is 0.646. The first-order valence-electron chi connectivity index (χ1n) is 3.88. The Kier molecular flexibility index (Phi) is 2.44. The average molecular weight is 159 g/mol. The maximum absolute atomic E-state index is 4.11. The molecule has 1 heterocycles. The van der Waals surface area contributed by atoms with E-state index in [4.69, 9.17) is 0 Å². The van der Waals surface area contributed by atoms with E-state index in [0.717, 1.165) is 22.3 Å². The van der Waals surface area contributed by atoms with Crippen LogP contribution in [0.25, 0.3) is 11.1 Å². The molecule has 0 unspecified atom stereocenters. The molecule has 0 saturated heterocycles. The first-order chi connectivity index (χ1) is 5.61. The molecule has 0 atom stereocenters. The summed E-state index contributed by atoms with van der Waals surface area (Å²) in [5.41, 5.74) is 4.22. The standard InChI is InChI=1S/C11H13N/c1-8(2)10-5-11(9(3)4)7-12-6-10/h5-7H,1,3H2,2,4H3. The minimum Gasteiger partial charge on any atom is -0.263 e. The van der Waals surface area contributed by atoms with Gasteiger partial charge in [-0.05, 0) is 42.2 Å². The molecule has 0 aliphatic carbocycles. The SMILES string of the molecule is C=C(C)c1cncc(C(=C)C)c1. The molecule has 62 valence electrons. The molecule has 0 amide bonds. The van der Waals surface area contributed by atoms with Crippen molar-refractivity contribution in [3.05, 3.63) is 42.7 Å². The van der Waals surface area contributed by atoms with Crippen LogP contribution < -0.4 is 0 Å². The monoisotopic (exact) mass is 159 g/mol. The molecule has 0 aromatic carbocycles. The van der Waals surface area contributed by atoms with Crippen LogP contribution in [0.5, 0.6) is 0 Å². The molecule has 1 heteroatoms. The smallest absolute Gasteiger partial charge is 0.0343 e. The van der Waals surface area contributed by atoms with Crippen LogP contribution in [0.1, 0.15) is 25.0 Å². The molecule has 1 nitrogen and oxygen atoms in total. The zero-order chi connectivity index (χ0) is 9.14. The van der Waals surface area contributed by atoms with Gasteiger partial charge in [0.1, 0.15) is 0 Å². The van der Waals surface area contributed by atoms with Crippen molar-refractivity contribution in [1.82, 2.24) is 4.98 Å². The number of pyridine rings is 1. The lowest BCUT2D eigenvalue weighted by Gasteiger charge is -2.02. The Morgan fingerprint density at radius 3 is 1.83 bits per heavy atom. The predicted octanol–water partition coefficient (Wildman–Crippen LogP) is 3.15. The molecule has 0 N–H and O–H groups in total. The molecule has 0 bridgehead atoms. The van der Waals surface area contributed by atoms with Crippen LogP contribution in [-0.2, 0) is 0 Å². The summed E-state index contributed by atoms with van der Waals surface area (Å²) < 4.78 is 0. The van der Waals surface area contributed by atoms with Crippen LogP contribution >= 0.6 is 0 Å². The minimum absolute atomic E-state index is 1.03. The summed E-state index contributed by atoms with van der Waals surface area (Å²) >= 11 is 0. The topological polar surface area (TPSA) is 12.9 Å². The predicted molar refractivity (Wildman–Crippen MR) is 53.7 cm³/mol. The van der Waals surface area contributed by atoms with Crippen LogP contribution in [-0.4, -0.2) is 4.98 Å². The minimum atomic E-state index is 1.03. The third-order valence-electron chi connectivity index (χ3n) is 1.72. The van der Waals surface area contributed by atoms with Crippen molar-refractivity contribution in [2.45, 2.75) is 13.8 Å². The second-order valence-electron chi connectivity index (χ2n) is 3.02. The van der Waals surface area contributed by atoms with E-state index in [0.29, 0.717) is 0 Å². The van der Waals surface area contributed by atoms with Gasteiger partial charge in [-0.2, -0.15) is 0 Å². The largest absolute Gasteiger partial charge is 0.263 e. The van der Waals surface area contributed by atoms with Crippen molar-refractivity contribution in [1.29, 1.82) is 0 Å². The fraction of sp³-hybridized carbons (Fsp3) is 0.182. The van der Waals surface area contributed by atoms with Crippen LogP contribution in [0.15, 0.2) is 31.6 Å². The molecule has 1 rings (SSSR count). The van der Waals surface area contributed by atoms with Gasteiger partial charge in [-0.15, -0.1) is 0 Å². The molecule has 0 radical (unpaired) electrons. The number of rotatable bonds is 2. The lowest BCUT2D eigenvalue weighted by Crippen LogP contribution is -1.85. The Labute approximate surface area is 73.5 Å². The highest BCUT2D eigenvalue weighted by Gasteiger charge is 1.96. The van der Waals surface area contributed by atoms with E-state index >= 15 is 0 Å². The number of nitrogens with zero attached hydrogens (tertiary/aromatic N) is 1. The Bertz CT molecular complexity index is 294. The Hall–Kier alpha value is -1.37. The second-order valence-corrected chi connectivity index (χ2v) is 3.02. The van der Waals surface area contributed by atoms with Gasteiger partial charge in [0.2, 0.25) is 0 Å². The number of aromatic nitrogens is 1. The van der Waals surface area contributed by atoms with Crippen LogP contribution in [0.3, 0.4) is 0 Å². The Morgan fingerprint density at radius 1 is 1.08 bits per heavy atom. The zero-order valence-corrected chi connectivity index (χ0v) is 7.59. The van der Waals surface area contributed by atoms with Crippen LogP contribution in [0.4, 0.5) is 0 Å². The highest BCUT2D eigenvalue weighted by molar-refractivity contribution is 5.67. The fourth-order valence-corrected chi connectivity index (χ4v) is 0.907. The van der Waals surface area contributed by atoms with E-state index in [1.807, 2.05) is 26.2 Å². The second kappa shape index (κ2) is 3.35. The summed E-state index contributed by atoms with van der Waals surface area (Å²) in [7, 11) is 0. The van der Waals surface area contributed by atoms with Crippen molar-refractivity contribution in [2.24, 2.45) is 0 Å². The molecule has 0 fully saturated rings. The van der Waals surface area contributed by atoms with Crippen LogP contribution in [0, 0.1) is 0 Å². The van der Waals surface area contributed by atoms with Gasteiger partial charge in [0, 0.05) is 12.4 Å².